The summed E-state index contributed by atoms with van der Waals surface area (Å²) in [5.74, 6) is -0.878. The number of benzene rings is 3. The predicted octanol–water partition coefficient (Wildman–Crippen LogP) is 5.75. The van der Waals surface area contributed by atoms with Gasteiger partial charge in [0.15, 0.2) is 11.2 Å². The Bertz CT molecular complexity index is 1300. The van der Waals surface area contributed by atoms with Crippen LogP contribution in [0.4, 0.5) is 0 Å². The molecular weight excluding hydrogens is 418 g/mol. The molecule has 1 saturated heterocycles. The highest BCUT2D eigenvalue weighted by atomic mass is 35.5. The van der Waals surface area contributed by atoms with Crippen molar-refractivity contribution < 1.29 is 4.79 Å². The van der Waals surface area contributed by atoms with Crippen LogP contribution in [-0.2, 0) is 0 Å². The van der Waals surface area contributed by atoms with Crippen LogP contribution in [0.1, 0.15) is 39.0 Å². The van der Waals surface area contributed by atoms with Gasteiger partial charge in [0.2, 0.25) is 0 Å². The van der Waals surface area contributed by atoms with Crippen LogP contribution in [-0.4, -0.2) is 16.7 Å². The molecule has 1 fully saturated rings. The van der Waals surface area contributed by atoms with E-state index in [0.717, 1.165) is 11.1 Å². The third-order valence-corrected chi connectivity index (χ3v) is 6.86. The van der Waals surface area contributed by atoms with Crippen LogP contribution in [0.2, 0.25) is 5.02 Å². The molecule has 0 spiro atoms. The number of hydrogen-bond acceptors (Lipinski definition) is 4. The summed E-state index contributed by atoms with van der Waals surface area (Å²) in [7, 11) is 0. The fraction of sp³-hybridized carbons (Fsp3) is 0.148. The number of nitrogens with zero attached hydrogens (tertiary/aromatic N) is 3. The molecule has 0 amide bonds. The Morgan fingerprint density at radius 2 is 1.50 bits per heavy atom. The second kappa shape index (κ2) is 7.68. The maximum Gasteiger partial charge on any atom is 0.185 e. The third-order valence-electron chi connectivity index (χ3n) is 6.51. The molecule has 5 rings (SSSR count). The van der Waals surface area contributed by atoms with E-state index in [4.69, 9.17) is 11.6 Å². The average Bonchev–Trinajstić information content (AvgIpc) is 3.15. The predicted molar refractivity (Wildman–Crippen MR) is 122 cm³/mol. The highest BCUT2D eigenvalue weighted by Crippen LogP contribution is 2.60. The van der Waals surface area contributed by atoms with E-state index in [1.165, 1.54) is 0 Å². The quantitative estimate of drug-likeness (QED) is 0.491. The molecule has 3 unspecified atom stereocenters. The second-order valence-electron chi connectivity index (χ2n) is 8.06. The molecule has 2 aliphatic heterocycles. The Hall–Kier alpha value is -3.86. The highest BCUT2D eigenvalue weighted by molar-refractivity contribution is 6.31. The summed E-state index contributed by atoms with van der Waals surface area (Å²) in [4.78, 5) is 15.8. The van der Waals surface area contributed by atoms with Crippen molar-refractivity contribution in [3.8, 4) is 12.1 Å². The van der Waals surface area contributed by atoms with Gasteiger partial charge in [0.1, 0.15) is 6.04 Å². The van der Waals surface area contributed by atoms with E-state index in [1.807, 2.05) is 71.8 Å². The normalized spacial score (nSPS) is 22.3. The minimum absolute atomic E-state index is 0.142. The molecule has 0 radical (unpaired) electrons. The maximum absolute atomic E-state index is 13.9. The fourth-order valence-electron chi connectivity index (χ4n) is 5.14. The van der Waals surface area contributed by atoms with Crippen molar-refractivity contribution in [1.29, 1.82) is 10.5 Å². The number of rotatable bonds is 3. The lowest BCUT2D eigenvalue weighted by atomic mass is 9.67. The summed E-state index contributed by atoms with van der Waals surface area (Å²) >= 11 is 6.59. The molecular formula is C27H18ClN3O. The van der Waals surface area contributed by atoms with E-state index in [-0.39, 0.29) is 5.78 Å². The number of hydrogen-bond donors (Lipinski definition) is 0. The van der Waals surface area contributed by atoms with Crippen LogP contribution in [0.15, 0.2) is 85.1 Å². The molecule has 4 nitrogen and oxygen atoms in total. The molecule has 2 heterocycles. The van der Waals surface area contributed by atoms with Gasteiger partial charge in [0.05, 0.1) is 18.2 Å². The molecule has 5 heteroatoms. The second-order valence-corrected chi connectivity index (χ2v) is 8.47. The third kappa shape index (κ3) is 2.78. The molecule has 3 atom stereocenters. The van der Waals surface area contributed by atoms with Gasteiger partial charge in [-0.1, -0.05) is 84.4 Å². The van der Waals surface area contributed by atoms with Gasteiger partial charge in [-0.25, -0.2) is 0 Å². The van der Waals surface area contributed by atoms with Crippen molar-refractivity contribution in [2.45, 2.75) is 18.0 Å². The van der Waals surface area contributed by atoms with Crippen molar-refractivity contribution >= 4 is 23.5 Å². The molecule has 3 aromatic carbocycles. The molecule has 0 saturated carbocycles. The van der Waals surface area contributed by atoms with Crippen molar-refractivity contribution in [2.75, 3.05) is 0 Å². The van der Waals surface area contributed by atoms with Gasteiger partial charge in [-0.05, 0) is 28.8 Å². The van der Waals surface area contributed by atoms with Gasteiger partial charge < -0.3 is 4.90 Å². The van der Waals surface area contributed by atoms with Gasteiger partial charge in [0.25, 0.3) is 0 Å². The van der Waals surface area contributed by atoms with Crippen molar-refractivity contribution in [3.63, 3.8) is 0 Å². The lowest BCUT2D eigenvalue weighted by Crippen LogP contribution is -2.37. The first-order valence-corrected chi connectivity index (χ1v) is 10.7. The molecule has 2 aliphatic rings. The minimum Gasteiger partial charge on any atom is -0.357 e. The Kier molecular flexibility index (Phi) is 4.82. The molecule has 32 heavy (non-hydrogen) atoms. The zero-order valence-electron chi connectivity index (χ0n) is 17.0. The Morgan fingerprint density at radius 1 is 0.875 bits per heavy atom. The molecule has 0 N–H and O–H groups in total. The van der Waals surface area contributed by atoms with Gasteiger partial charge >= 0.3 is 0 Å². The molecule has 0 aromatic heterocycles. The number of fused-ring (bicyclic) bond motifs is 3. The number of nitriles is 2. The van der Waals surface area contributed by atoms with E-state index in [0.29, 0.717) is 16.1 Å². The number of Topliss-reactive ketones (excluding diaryl/α,β-unsaturated/α-hetero) is 1. The molecule has 0 bridgehead atoms. The highest BCUT2D eigenvalue weighted by Gasteiger charge is 2.64. The molecule has 154 valence electrons. The summed E-state index contributed by atoms with van der Waals surface area (Å²) in [5, 5.41) is 21.4. The summed E-state index contributed by atoms with van der Waals surface area (Å²) in [6.07, 6.45) is 3.78. The van der Waals surface area contributed by atoms with Crippen LogP contribution < -0.4 is 0 Å². The van der Waals surface area contributed by atoms with E-state index in [2.05, 4.69) is 12.1 Å². The Balaban J connectivity index is 1.80. The van der Waals surface area contributed by atoms with Gasteiger partial charge in [-0.15, -0.1) is 0 Å². The zero-order valence-corrected chi connectivity index (χ0v) is 17.8. The summed E-state index contributed by atoms with van der Waals surface area (Å²) < 4.78 is 0. The summed E-state index contributed by atoms with van der Waals surface area (Å²) in [6, 6.07) is 27.2. The van der Waals surface area contributed by atoms with Crippen molar-refractivity contribution in [2.24, 2.45) is 5.41 Å². The van der Waals surface area contributed by atoms with E-state index in [1.54, 1.807) is 24.3 Å². The number of carbonyl (C=O) groups is 1. The van der Waals surface area contributed by atoms with Gasteiger partial charge in [-0.2, -0.15) is 10.5 Å². The lowest BCUT2D eigenvalue weighted by Gasteiger charge is -2.34. The van der Waals surface area contributed by atoms with Crippen molar-refractivity contribution in [1.82, 2.24) is 4.90 Å². The van der Waals surface area contributed by atoms with Gasteiger partial charge in [-0.3, -0.25) is 4.79 Å². The zero-order chi connectivity index (χ0) is 22.3. The first-order valence-electron chi connectivity index (χ1n) is 10.3. The minimum atomic E-state index is -1.51. The smallest absolute Gasteiger partial charge is 0.185 e. The lowest BCUT2D eigenvalue weighted by molar-refractivity contribution is 0.0875. The van der Waals surface area contributed by atoms with Crippen molar-refractivity contribution in [3.05, 3.63) is 112 Å². The number of halogens is 1. The van der Waals surface area contributed by atoms with Crippen LogP contribution in [0.5, 0.6) is 0 Å². The van der Waals surface area contributed by atoms with Crippen LogP contribution in [0.3, 0.4) is 0 Å². The number of carbonyl (C=O) groups excluding carboxylic acids is 1. The standard InChI is InChI=1S/C27H18ClN3O/c28-22-13-7-6-12-21(22)23-24(25(32)19-9-2-1-3-10-19)31-15-14-18-8-4-5-11-20(18)26(31)27(23,16-29)17-30/h1-15,23-24,26H. The van der Waals surface area contributed by atoms with E-state index in [9.17, 15) is 15.3 Å². The molecule has 0 aliphatic carbocycles. The van der Waals surface area contributed by atoms with Crippen LogP contribution >= 0.6 is 11.6 Å². The summed E-state index contributed by atoms with van der Waals surface area (Å²) in [6.45, 7) is 0. The van der Waals surface area contributed by atoms with Crippen LogP contribution in [0, 0.1) is 28.1 Å². The summed E-state index contributed by atoms with van der Waals surface area (Å²) in [5.41, 5.74) is 1.45. The van der Waals surface area contributed by atoms with E-state index >= 15 is 0 Å². The van der Waals surface area contributed by atoms with Crippen LogP contribution in [0.25, 0.3) is 6.08 Å². The largest absolute Gasteiger partial charge is 0.357 e. The first kappa shape index (κ1) is 20.1. The SMILES string of the molecule is N#CC1(C#N)C(c2ccccc2Cl)C(C(=O)c2ccccc2)N2C=Cc3ccccc3C21. The average molecular weight is 436 g/mol. The molecule has 3 aromatic rings. The number of ketones is 1. The Morgan fingerprint density at radius 3 is 2.19 bits per heavy atom. The van der Waals surface area contributed by atoms with Gasteiger partial charge in [0, 0.05) is 22.7 Å². The Labute approximate surface area is 191 Å². The van der Waals surface area contributed by atoms with E-state index < -0.39 is 23.4 Å². The first-order chi connectivity index (χ1) is 15.6. The maximum atomic E-state index is 13.9. The fourth-order valence-corrected chi connectivity index (χ4v) is 5.39. The monoisotopic (exact) mass is 435 g/mol. The topological polar surface area (TPSA) is 67.9 Å².